The minimum Gasteiger partial charge on any atom is -0.306 e. The van der Waals surface area contributed by atoms with Crippen molar-refractivity contribution in [2.75, 3.05) is 13.1 Å². The fourth-order valence-corrected chi connectivity index (χ4v) is 3.16. The quantitative estimate of drug-likeness (QED) is 0.806. The molecule has 0 aliphatic carbocycles. The van der Waals surface area contributed by atoms with Crippen LogP contribution in [-0.2, 0) is 0 Å². The molecule has 0 spiro atoms. The summed E-state index contributed by atoms with van der Waals surface area (Å²) in [7, 11) is 0. The molecule has 0 bridgehead atoms. The number of imidazole rings is 1. The maximum Gasteiger partial charge on any atom is 0.323 e. The van der Waals surface area contributed by atoms with Crippen LogP contribution in [0.1, 0.15) is 38.8 Å². The molecule has 2 heterocycles. The van der Waals surface area contributed by atoms with E-state index < -0.39 is 0 Å². The fraction of sp³-hybridized carbons (Fsp3) is 0.562. The van der Waals surface area contributed by atoms with E-state index in [-0.39, 0.29) is 11.7 Å². The number of benzene rings is 1. The molecule has 5 heteroatoms. The van der Waals surface area contributed by atoms with Gasteiger partial charge >= 0.3 is 5.69 Å². The summed E-state index contributed by atoms with van der Waals surface area (Å²) in [6.07, 6.45) is 1.20. The van der Waals surface area contributed by atoms with Crippen molar-refractivity contribution in [1.82, 2.24) is 20.2 Å². The summed E-state index contributed by atoms with van der Waals surface area (Å²) in [6.45, 7) is 8.98. The molecule has 1 aliphatic rings. The van der Waals surface area contributed by atoms with Gasteiger partial charge < -0.3 is 15.3 Å². The number of fused-ring (bicyclic) bond motifs is 1. The fourth-order valence-electron chi connectivity index (χ4n) is 3.16. The highest BCUT2D eigenvalue weighted by Crippen LogP contribution is 2.20. The van der Waals surface area contributed by atoms with Gasteiger partial charge in [0.15, 0.2) is 0 Å². The predicted molar refractivity (Wildman–Crippen MR) is 85.6 cm³/mol. The van der Waals surface area contributed by atoms with Gasteiger partial charge in [0.05, 0.1) is 11.0 Å². The highest BCUT2D eigenvalue weighted by molar-refractivity contribution is 5.75. The minimum atomic E-state index is -0.147. The summed E-state index contributed by atoms with van der Waals surface area (Å²) in [5, 5.41) is 3.71. The Morgan fingerprint density at radius 2 is 2.00 bits per heavy atom. The third-order valence-electron chi connectivity index (χ3n) is 4.48. The summed E-state index contributed by atoms with van der Waals surface area (Å²) in [5.74, 6) is 0. The van der Waals surface area contributed by atoms with Crippen molar-refractivity contribution in [1.29, 1.82) is 0 Å². The van der Waals surface area contributed by atoms with E-state index in [1.807, 2.05) is 6.07 Å². The lowest BCUT2D eigenvalue weighted by molar-refractivity contribution is 0.266. The molecule has 1 aliphatic heterocycles. The van der Waals surface area contributed by atoms with E-state index in [1.54, 1.807) is 0 Å². The summed E-state index contributed by atoms with van der Waals surface area (Å²) < 4.78 is 0. The number of nitrogens with zero attached hydrogens (tertiary/aromatic N) is 1. The summed E-state index contributed by atoms with van der Waals surface area (Å²) in [5.41, 5.74) is 2.80. The number of hydrogen-bond donors (Lipinski definition) is 3. The molecule has 2 atom stereocenters. The first kappa shape index (κ1) is 14.4. The number of nitrogens with one attached hydrogen (secondary N) is 3. The number of hydrogen-bond acceptors (Lipinski definition) is 3. The van der Waals surface area contributed by atoms with Gasteiger partial charge in [-0.05, 0) is 51.4 Å². The van der Waals surface area contributed by atoms with Crippen molar-refractivity contribution in [2.45, 2.75) is 45.3 Å². The average Bonchev–Trinajstić information content (AvgIpc) is 3.02. The van der Waals surface area contributed by atoms with Crippen LogP contribution >= 0.6 is 0 Å². The van der Waals surface area contributed by atoms with Crippen LogP contribution < -0.4 is 11.0 Å². The number of rotatable bonds is 4. The van der Waals surface area contributed by atoms with Crippen LogP contribution in [0.2, 0.25) is 0 Å². The molecule has 1 fully saturated rings. The molecule has 0 amide bonds. The first-order valence-electron chi connectivity index (χ1n) is 7.75. The summed E-state index contributed by atoms with van der Waals surface area (Å²) in [6, 6.07) is 7.55. The summed E-state index contributed by atoms with van der Waals surface area (Å²) >= 11 is 0. The lowest BCUT2D eigenvalue weighted by atomic mass is 10.1. The van der Waals surface area contributed by atoms with Gasteiger partial charge in [0, 0.05) is 24.7 Å². The van der Waals surface area contributed by atoms with Crippen LogP contribution in [0.3, 0.4) is 0 Å². The smallest absolute Gasteiger partial charge is 0.306 e. The molecule has 1 aromatic heterocycles. The molecule has 3 rings (SSSR count). The Labute approximate surface area is 124 Å². The van der Waals surface area contributed by atoms with Crippen molar-refractivity contribution < 1.29 is 0 Å². The first-order chi connectivity index (χ1) is 10.0. The molecule has 114 valence electrons. The Morgan fingerprint density at radius 1 is 1.24 bits per heavy atom. The minimum absolute atomic E-state index is 0.147. The van der Waals surface area contributed by atoms with Crippen LogP contribution in [-0.4, -0.2) is 40.0 Å². The molecule has 21 heavy (non-hydrogen) atoms. The lowest BCUT2D eigenvalue weighted by Crippen LogP contribution is -2.36. The van der Waals surface area contributed by atoms with Gasteiger partial charge in [-0.15, -0.1) is 0 Å². The highest BCUT2D eigenvalue weighted by Gasteiger charge is 2.25. The zero-order valence-electron chi connectivity index (χ0n) is 12.9. The van der Waals surface area contributed by atoms with Crippen molar-refractivity contribution in [2.24, 2.45) is 0 Å². The molecule has 1 aromatic carbocycles. The second kappa shape index (κ2) is 5.66. The van der Waals surface area contributed by atoms with E-state index in [2.05, 4.69) is 53.1 Å². The summed E-state index contributed by atoms with van der Waals surface area (Å²) in [4.78, 5) is 19.4. The van der Waals surface area contributed by atoms with Crippen LogP contribution in [0.15, 0.2) is 23.0 Å². The van der Waals surface area contributed by atoms with Gasteiger partial charge in [-0.2, -0.15) is 0 Å². The molecular weight excluding hydrogens is 264 g/mol. The topological polar surface area (TPSA) is 63.9 Å². The van der Waals surface area contributed by atoms with Crippen LogP contribution in [0.25, 0.3) is 11.0 Å². The molecular formula is C16H24N4O. The third-order valence-corrected chi connectivity index (χ3v) is 4.48. The lowest BCUT2D eigenvalue weighted by Gasteiger charge is -2.23. The highest BCUT2D eigenvalue weighted by atomic mass is 16.1. The molecule has 0 radical (unpaired) electrons. The van der Waals surface area contributed by atoms with Crippen molar-refractivity contribution in [3.8, 4) is 0 Å². The Hall–Kier alpha value is -1.59. The Morgan fingerprint density at radius 3 is 2.71 bits per heavy atom. The average molecular weight is 288 g/mol. The zero-order chi connectivity index (χ0) is 15.0. The van der Waals surface area contributed by atoms with E-state index in [1.165, 1.54) is 18.5 Å². The van der Waals surface area contributed by atoms with E-state index in [0.717, 1.165) is 17.6 Å². The van der Waals surface area contributed by atoms with Gasteiger partial charge in [0.25, 0.3) is 0 Å². The number of aromatic amines is 2. The Bertz CT molecular complexity index is 672. The maximum atomic E-state index is 11.3. The second-order valence-corrected chi connectivity index (χ2v) is 6.35. The van der Waals surface area contributed by atoms with E-state index >= 15 is 0 Å². The van der Waals surface area contributed by atoms with Gasteiger partial charge in [0.1, 0.15) is 0 Å². The molecule has 5 nitrogen and oxygen atoms in total. The first-order valence-corrected chi connectivity index (χ1v) is 7.75. The Balaban J connectivity index is 1.69. The van der Waals surface area contributed by atoms with Gasteiger partial charge in [-0.25, -0.2) is 4.79 Å². The second-order valence-electron chi connectivity index (χ2n) is 6.35. The monoisotopic (exact) mass is 288 g/mol. The SMILES string of the molecule is CC(NC1CCN(C(C)C)C1)c1ccc2[nH]c(=O)[nH]c2c1. The maximum absolute atomic E-state index is 11.3. The third kappa shape index (κ3) is 3.04. The van der Waals surface area contributed by atoms with Crippen LogP contribution in [0.4, 0.5) is 0 Å². The van der Waals surface area contributed by atoms with Gasteiger partial charge in [0.2, 0.25) is 0 Å². The van der Waals surface area contributed by atoms with Gasteiger partial charge in [-0.1, -0.05) is 6.07 Å². The molecule has 0 saturated carbocycles. The molecule has 1 saturated heterocycles. The molecule has 3 N–H and O–H groups in total. The van der Waals surface area contributed by atoms with Crippen molar-refractivity contribution in [3.05, 3.63) is 34.2 Å². The molecule has 2 aromatic rings. The van der Waals surface area contributed by atoms with E-state index in [0.29, 0.717) is 12.1 Å². The zero-order valence-corrected chi connectivity index (χ0v) is 12.9. The van der Waals surface area contributed by atoms with Crippen molar-refractivity contribution in [3.63, 3.8) is 0 Å². The van der Waals surface area contributed by atoms with Gasteiger partial charge in [-0.3, -0.25) is 4.90 Å². The largest absolute Gasteiger partial charge is 0.323 e. The number of aromatic nitrogens is 2. The molecule has 2 unspecified atom stereocenters. The number of likely N-dealkylation sites (tertiary alicyclic amines) is 1. The van der Waals surface area contributed by atoms with Crippen molar-refractivity contribution >= 4 is 11.0 Å². The predicted octanol–water partition coefficient (Wildman–Crippen LogP) is 1.99. The van der Waals surface area contributed by atoms with E-state index in [4.69, 9.17) is 0 Å². The standard InChI is InChI=1S/C16H24N4O/c1-10(2)20-7-6-13(9-20)17-11(3)12-4-5-14-15(8-12)19-16(21)18-14/h4-5,8,10-11,13,17H,6-7,9H2,1-3H3,(H2,18,19,21). The number of H-pyrrole nitrogens is 2. The van der Waals surface area contributed by atoms with Crippen LogP contribution in [0, 0.1) is 0 Å². The Kier molecular flexibility index (Phi) is 3.87. The van der Waals surface area contributed by atoms with E-state index in [9.17, 15) is 4.79 Å². The normalized spacial score (nSPS) is 21.4. The van der Waals surface area contributed by atoms with Crippen LogP contribution in [0.5, 0.6) is 0 Å².